The zero-order chi connectivity index (χ0) is 21.5. The van der Waals surface area contributed by atoms with Crippen LogP contribution in [-0.4, -0.2) is 73.8 Å². The van der Waals surface area contributed by atoms with Crippen molar-refractivity contribution in [1.82, 2.24) is 29.9 Å². The summed E-state index contributed by atoms with van der Waals surface area (Å²) in [7, 11) is 0. The average molecular weight is 428 g/mol. The number of halogens is 1. The van der Waals surface area contributed by atoms with Gasteiger partial charge in [0.1, 0.15) is 5.82 Å². The molecule has 1 aromatic carbocycles. The minimum absolute atomic E-state index is 0.0872. The highest BCUT2D eigenvalue weighted by atomic mass is 19.1. The molecule has 9 nitrogen and oxygen atoms in total. The highest BCUT2D eigenvalue weighted by Gasteiger charge is 2.41. The molecule has 0 bridgehead atoms. The van der Waals surface area contributed by atoms with Gasteiger partial charge in [-0.3, -0.25) is 14.5 Å². The van der Waals surface area contributed by atoms with Gasteiger partial charge in [-0.05, 0) is 30.5 Å². The minimum Gasteiger partial charge on any atom is -0.393 e. The van der Waals surface area contributed by atoms with E-state index in [-0.39, 0.29) is 48.1 Å². The third kappa shape index (κ3) is 3.81. The topological polar surface area (TPSA) is 104 Å². The van der Waals surface area contributed by atoms with Crippen LogP contribution >= 0.6 is 0 Å². The number of hydrogen-bond donors (Lipinski definition) is 2. The van der Waals surface area contributed by atoms with Crippen LogP contribution in [0.2, 0.25) is 0 Å². The van der Waals surface area contributed by atoms with Crippen molar-refractivity contribution in [3.8, 4) is 0 Å². The molecule has 1 aromatic heterocycles. The first-order valence-electron chi connectivity index (χ1n) is 10.7. The first-order chi connectivity index (χ1) is 15.0. The SMILES string of the molecule is O=C(NCc1ccc(F)cc1)c1nnc2n1CCN1CCN(C(=O)C3CC(O)C3)C[C@H]21. The third-order valence-corrected chi connectivity index (χ3v) is 6.52. The molecule has 1 saturated heterocycles. The van der Waals surface area contributed by atoms with E-state index in [1.807, 2.05) is 9.47 Å². The number of aliphatic hydroxyl groups is 1. The van der Waals surface area contributed by atoms with Gasteiger partial charge in [0.15, 0.2) is 5.82 Å². The van der Waals surface area contributed by atoms with Gasteiger partial charge < -0.3 is 19.9 Å². The van der Waals surface area contributed by atoms with E-state index < -0.39 is 0 Å². The molecule has 0 spiro atoms. The lowest BCUT2D eigenvalue weighted by atomic mass is 9.81. The molecule has 10 heteroatoms. The molecule has 3 heterocycles. The summed E-state index contributed by atoms with van der Waals surface area (Å²) in [5.41, 5.74) is 0.793. The molecule has 2 fully saturated rings. The number of hydrogen-bond acceptors (Lipinski definition) is 6. The van der Waals surface area contributed by atoms with Crippen molar-refractivity contribution in [3.05, 3.63) is 47.3 Å². The fraction of sp³-hybridized carbons (Fsp3) is 0.524. The Balaban J connectivity index is 1.27. The van der Waals surface area contributed by atoms with Crippen LogP contribution in [0.5, 0.6) is 0 Å². The number of carbonyl (C=O) groups excluding carboxylic acids is 2. The van der Waals surface area contributed by atoms with E-state index in [9.17, 15) is 19.1 Å². The average Bonchev–Trinajstić information content (AvgIpc) is 3.20. The Morgan fingerprint density at radius 2 is 1.84 bits per heavy atom. The summed E-state index contributed by atoms with van der Waals surface area (Å²) in [5, 5.41) is 20.8. The molecule has 1 aliphatic carbocycles. The van der Waals surface area contributed by atoms with Crippen LogP contribution in [0.3, 0.4) is 0 Å². The largest absolute Gasteiger partial charge is 0.393 e. The second-order valence-electron chi connectivity index (χ2n) is 8.50. The predicted molar refractivity (Wildman–Crippen MR) is 107 cm³/mol. The van der Waals surface area contributed by atoms with Gasteiger partial charge in [-0.25, -0.2) is 4.39 Å². The normalized spacial score (nSPS) is 25.4. The van der Waals surface area contributed by atoms with Crippen LogP contribution in [-0.2, 0) is 17.9 Å². The van der Waals surface area contributed by atoms with Crippen LogP contribution in [0.1, 0.15) is 40.9 Å². The maximum atomic E-state index is 13.0. The number of nitrogens with one attached hydrogen (secondary N) is 1. The highest BCUT2D eigenvalue weighted by Crippen LogP contribution is 2.33. The second kappa shape index (κ2) is 8.01. The third-order valence-electron chi connectivity index (χ3n) is 6.52. The van der Waals surface area contributed by atoms with E-state index in [4.69, 9.17) is 0 Å². The van der Waals surface area contributed by atoms with Gasteiger partial charge in [0, 0.05) is 45.2 Å². The lowest BCUT2D eigenvalue weighted by molar-refractivity contribution is -0.146. The summed E-state index contributed by atoms with van der Waals surface area (Å²) in [6.07, 6.45) is 0.722. The number of rotatable bonds is 4. The number of aromatic nitrogens is 3. The van der Waals surface area contributed by atoms with Crippen molar-refractivity contribution in [2.75, 3.05) is 26.2 Å². The summed E-state index contributed by atoms with van der Waals surface area (Å²) >= 11 is 0. The van der Waals surface area contributed by atoms with Crippen LogP contribution in [0.15, 0.2) is 24.3 Å². The molecular weight excluding hydrogens is 403 g/mol. The molecule has 164 valence electrons. The van der Waals surface area contributed by atoms with E-state index in [0.29, 0.717) is 38.3 Å². The monoisotopic (exact) mass is 428 g/mol. The molecule has 5 rings (SSSR count). The molecular formula is C21H25FN6O3. The molecule has 2 amide bonds. The van der Waals surface area contributed by atoms with Crippen molar-refractivity contribution in [2.24, 2.45) is 5.92 Å². The van der Waals surface area contributed by atoms with Gasteiger partial charge in [-0.1, -0.05) is 12.1 Å². The molecule has 1 atom stereocenters. The number of carbonyl (C=O) groups is 2. The smallest absolute Gasteiger partial charge is 0.289 e. The first-order valence-corrected chi connectivity index (χ1v) is 10.7. The Bertz CT molecular complexity index is 988. The lowest BCUT2D eigenvalue weighted by Crippen LogP contribution is -2.56. The van der Waals surface area contributed by atoms with E-state index in [2.05, 4.69) is 20.4 Å². The van der Waals surface area contributed by atoms with Crippen LogP contribution in [0.4, 0.5) is 4.39 Å². The number of nitrogens with zero attached hydrogens (tertiary/aromatic N) is 5. The predicted octanol–water partition coefficient (Wildman–Crippen LogP) is 0.317. The van der Waals surface area contributed by atoms with Gasteiger partial charge in [-0.15, -0.1) is 10.2 Å². The number of piperazine rings is 1. The molecule has 2 aliphatic heterocycles. The number of fused-ring (bicyclic) bond motifs is 3. The summed E-state index contributed by atoms with van der Waals surface area (Å²) < 4.78 is 14.9. The van der Waals surface area contributed by atoms with Crippen molar-refractivity contribution in [3.63, 3.8) is 0 Å². The number of benzene rings is 1. The second-order valence-corrected chi connectivity index (χ2v) is 8.50. The Kier molecular flexibility index (Phi) is 5.19. The van der Waals surface area contributed by atoms with Gasteiger partial charge in [0.25, 0.3) is 5.91 Å². The summed E-state index contributed by atoms with van der Waals surface area (Å²) in [5.74, 6) is 0.310. The number of amides is 2. The van der Waals surface area contributed by atoms with Gasteiger partial charge in [0.05, 0.1) is 12.1 Å². The first kappa shape index (κ1) is 20.1. The summed E-state index contributed by atoms with van der Waals surface area (Å²) in [4.78, 5) is 29.6. The van der Waals surface area contributed by atoms with Crippen molar-refractivity contribution >= 4 is 11.8 Å². The van der Waals surface area contributed by atoms with E-state index >= 15 is 0 Å². The van der Waals surface area contributed by atoms with Crippen LogP contribution in [0.25, 0.3) is 0 Å². The van der Waals surface area contributed by atoms with E-state index in [0.717, 1.165) is 18.7 Å². The zero-order valence-corrected chi connectivity index (χ0v) is 17.1. The van der Waals surface area contributed by atoms with Crippen LogP contribution < -0.4 is 5.32 Å². The van der Waals surface area contributed by atoms with E-state index in [1.165, 1.54) is 12.1 Å². The molecule has 2 aromatic rings. The summed E-state index contributed by atoms with van der Waals surface area (Å²) in [6, 6.07) is 5.87. The molecule has 31 heavy (non-hydrogen) atoms. The Morgan fingerprint density at radius 3 is 2.58 bits per heavy atom. The molecule has 3 aliphatic rings. The molecule has 2 N–H and O–H groups in total. The quantitative estimate of drug-likeness (QED) is 0.727. The van der Waals surface area contributed by atoms with Crippen LogP contribution in [0, 0.1) is 11.7 Å². The summed E-state index contributed by atoms with van der Waals surface area (Å²) in [6.45, 7) is 3.58. The number of aliphatic hydroxyl groups excluding tert-OH is 1. The maximum Gasteiger partial charge on any atom is 0.289 e. The zero-order valence-electron chi connectivity index (χ0n) is 17.1. The lowest BCUT2D eigenvalue weighted by Gasteiger charge is -2.45. The van der Waals surface area contributed by atoms with Crippen molar-refractivity contribution in [1.29, 1.82) is 0 Å². The molecule has 1 saturated carbocycles. The molecule has 0 unspecified atom stereocenters. The Morgan fingerprint density at radius 1 is 1.10 bits per heavy atom. The van der Waals surface area contributed by atoms with Gasteiger partial charge in [0.2, 0.25) is 11.7 Å². The van der Waals surface area contributed by atoms with Crippen molar-refractivity contribution < 1.29 is 19.1 Å². The van der Waals surface area contributed by atoms with Gasteiger partial charge in [-0.2, -0.15) is 0 Å². The van der Waals surface area contributed by atoms with Crippen molar-refractivity contribution in [2.45, 2.75) is 38.1 Å². The van der Waals surface area contributed by atoms with Gasteiger partial charge >= 0.3 is 0 Å². The fourth-order valence-electron chi connectivity index (χ4n) is 4.62. The Labute approximate surface area is 178 Å². The highest BCUT2D eigenvalue weighted by molar-refractivity contribution is 5.90. The van der Waals surface area contributed by atoms with E-state index in [1.54, 1.807) is 12.1 Å². The Hall–Kier alpha value is -2.85. The molecule has 0 radical (unpaired) electrons. The standard InChI is InChI=1S/C21H25FN6O3/c22-15-3-1-13(2-4-15)11-23-20(30)19-25-24-18-17-12-27(21(31)14-9-16(29)10-14)6-5-26(17)7-8-28(18)19/h1-4,14,16-17,29H,5-12H2,(H,23,30)/t14?,16?,17-/m1/s1. The maximum absolute atomic E-state index is 13.0. The minimum atomic E-state index is -0.357. The fourth-order valence-corrected chi connectivity index (χ4v) is 4.62.